The minimum Gasteiger partial charge on any atom is -0.495 e. The molecule has 2 rings (SSSR count). The quantitative estimate of drug-likeness (QED) is 0.861. The van der Waals surface area contributed by atoms with E-state index in [9.17, 15) is 4.79 Å². The summed E-state index contributed by atoms with van der Waals surface area (Å²) in [5.74, 6) is 0.565. The van der Waals surface area contributed by atoms with Crippen LogP contribution in [-0.4, -0.2) is 25.6 Å². The summed E-state index contributed by atoms with van der Waals surface area (Å²) in [6.07, 6.45) is 8.83. The van der Waals surface area contributed by atoms with Crippen molar-refractivity contribution in [2.24, 2.45) is 0 Å². The van der Waals surface area contributed by atoms with E-state index in [1.165, 1.54) is 44.9 Å². The van der Waals surface area contributed by atoms with Gasteiger partial charge in [0.25, 0.3) is 0 Å². The van der Waals surface area contributed by atoms with Crippen LogP contribution in [-0.2, 0) is 4.79 Å². The molecule has 2 N–H and O–H groups in total. The molecule has 0 heterocycles. The molecule has 1 saturated carbocycles. The first kappa shape index (κ1) is 17.1. The molecule has 0 aromatic heterocycles. The van der Waals surface area contributed by atoms with Gasteiger partial charge in [0.15, 0.2) is 0 Å². The molecule has 0 aliphatic heterocycles. The van der Waals surface area contributed by atoms with Crippen LogP contribution in [0.25, 0.3) is 0 Å². The zero-order valence-corrected chi connectivity index (χ0v) is 13.9. The number of anilines is 1. The van der Waals surface area contributed by atoms with Gasteiger partial charge in [0, 0.05) is 11.7 Å². The summed E-state index contributed by atoms with van der Waals surface area (Å²) in [5, 5.41) is 6.73. The Bertz CT molecular complexity index is 486. The molecule has 0 spiro atoms. The summed E-state index contributed by atoms with van der Waals surface area (Å²) in [6.45, 7) is 0.342. The SMILES string of the molecule is COc1ccc(NC(=O)CNC2CCCCCCC2)cc1Cl. The monoisotopic (exact) mass is 324 g/mol. The molecule has 0 saturated heterocycles. The maximum Gasteiger partial charge on any atom is 0.238 e. The fraction of sp³-hybridized carbons (Fsp3) is 0.588. The Morgan fingerprint density at radius 3 is 2.55 bits per heavy atom. The fourth-order valence-corrected chi connectivity index (χ4v) is 3.10. The predicted molar refractivity (Wildman–Crippen MR) is 90.7 cm³/mol. The number of benzene rings is 1. The maximum atomic E-state index is 12.0. The molecule has 1 aliphatic rings. The average molecular weight is 325 g/mol. The number of rotatable bonds is 5. The van der Waals surface area contributed by atoms with E-state index in [1.807, 2.05) is 0 Å². The molecule has 122 valence electrons. The molecule has 0 atom stereocenters. The van der Waals surface area contributed by atoms with Crippen LogP contribution in [0.4, 0.5) is 5.69 Å². The molecule has 1 amide bonds. The Hall–Kier alpha value is -1.26. The first-order valence-corrected chi connectivity index (χ1v) is 8.43. The topological polar surface area (TPSA) is 50.4 Å². The van der Waals surface area contributed by atoms with Gasteiger partial charge in [-0.3, -0.25) is 4.79 Å². The number of methoxy groups -OCH3 is 1. The Morgan fingerprint density at radius 1 is 1.23 bits per heavy atom. The Labute approximate surface area is 137 Å². The highest BCUT2D eigenvalue weighted by Gasteiger charge is 2.12. The summed E-state index contributed by atoms with van der Waals surface area (Å²) >= 11 is 6.05. The second kappa shape index (κ2) is 9.01. The zero-order chi connectivity index (χ0) is 15.8. The largest absolute Gasteiger partial charge is 0.495 e. The van der Waals surface area contributed by atoms with Crippen molar-refractivity contribution in [2.75, 3.05) is 19.0 Å². The van der Waals surface area contributed by atoms with Crippen LogP contribution in [0, 0.1) is 0 Å². The number of nitrogens with one attached hydrogen (secondary N) is 2. The van der Waals surface area contributed by atoms with Gasteiger partial charge in [-0.1, -0.05) is 43.7 Å². The number of carbonyl (C=O) groups is 1. The van der Waals surface area contributed by atoms with E-state index in [0.29, 0.717) is 29.0 Å². The summed E-state index contributed by atoms with van der Waals surface area (Å²) in [7, 11) is 1.57. The summed E-state index contributed by atoms with van der Waals surface area (Å²) in [6, 6.07) is 5.71. The third kappa shape index (κ3) is 5.50. The van der Waals surface area contributed by atoms with Gasteiger partial charge in [-0.15, -0.1) is 0 Å². The van der Waals surface area contributed by atoms with Crippen molar-refractivity contribution in [3.05, 3.63) is 23.2 Å². The number of hydrogen-bond donors (Lipinski definition) is 2. The highest BCUT2D eigenvalue weighted by atomic mass is 35.5. The lowest BCUT2D eigenvalue weighted by Crippen LogP contribution is -2.36. The van der Waals surface area contributed by atoms with Crippen LogP contribution in [0.3, 0.4) is 0 Å². The molecular weight excluding hydrogens is 300 g/mol. The van der Waals surface area contributed by atoms with Crippen LogP contribution < -0.4 is 15.4 Å². The van der Waals surface area contributed by atoms with Crippen molar-refractivity contribution in [1.82, 2.24) is 5.32 Å². The van der Waals surface area contributed by atoms with Crippen molar-refractivity contribution in [3.63, 3.8) is 0 Å². The van der Waals surface area contributed by atoms with Crippen LogP contribution in [0.15, 0.2) is 18.2 Å². The fourth-order valence-electron chi connectivity index (χ4n) is 2.85. The van der Waals surface area contributed by atoms with Gasteiger partial charge in [0.2, 0.25) is 5.91 Å². The molecule has 1 aliphatic carbocycles. The van der Waals surface area contributed by atoms with Crippen molar-refractivity contribution < 1.29 is 9.53 Å². The van der Waals surface area contributed by atoms with E-state index in [4.69, 9.17) is 16.3 Å². The number of ether oxygens (including phenoxy) is 1. The minimum atomic E-state index is -0.0386. The molecule has 0 unspecified atom stereocenters. The highest BCUT2D eigenvalue weighted by molar-refractivity contribution is 6.32. The molecule has 4 nitrogen and oxygen atoms in total. The lowest BCUT2D eigenvalue weighted by molar-refractivity contribution is -0.115. The standard InChI is InChI=1S/C17H25ClN2O2/c1-22-16-10-9-14(11-15(16)18)20-17(21)12-19-13-7-5-3-2-4-6-8-13/h9-11,13,19H,2-8,12H2,1H3,(H,20,21). The van der Waals surface area contributed by atoms with Gasteiger partial charge >= 0.3 is 0 Å². The number of halogens is 1. The first-order chi connectivity index (χ1) is 10.7. The third-order valence-corrected chi connectivity index (χ3v) is 4.39. The zero-order valence-electron chi connectivity index (χ0n) is 13.2. The van der Waals surface area contributed by atoms with E-state index in [2.05, 4.69) is 10.6 Å². The number of hydrogen-bond acceptors (Lipinski definition) is 3. The number of carbonyl (C=O) groups excluding carboxylic acids is 1. The van der Waals surface area contributed by atoms with Crippen LogP contribution in [0.5, 0.6) is 5.75 Å². The van der Waals surface area contributed by atoms with Gasteiger partial charge in [-0.25, -0.2) is 0 Å². The van der Waals surface area contributed by atoms with Crippen molar-refractivity contribution in [3.8, 4) is 5.75 Å². The van der Waals surface area contributed by atoms with Gasteiger partial charge in [0.05, 0.1) is 18.7 Å². The van der Waals surface area contributed by atoms with E-state index in [0.717, 1.165) is 0 Å². The number of amides is 1. The van der Waals surface area contributed by atoms with Gasteiger partial charge in [-0.05, 0) is 31.0 Å². The molecule has 1 aromatic carbocycles. The Kier molecular flexibility index (Phi) is 7.00. The molecule has 0 bridgehead atoms. The lowest BCUT2D eigenvalue weighted by Gasteiger charge is -2.20. The molecular formula is C17H25ClN2O2. The minimum absolute atomic E-state index is 0.0386. The van der Waals surface area contributed by atoms with Gasteiger partial charge < -0.3 is 15.4 Å². The van der Waals surface area contributed by atoms with Crippen LogP contribution >= 0.6 is 11.6 Å². The molecule has 1 fully saturated rings. The molecule has 5 heteroatoms. The first-order valence-electron chi connectivity index (χ1n) is 8.06. The Balaban J connectivity index is 1.78. The molecule has 0 radical (unpaired) electrons. The van der Waals surface area contributed by atoms with E-state index >= 15 is 0 Å². The van der Waals surface area contributed by atoms with Crippen LogP contribution in [0.2, 0.25) is 5.02 Å². The van der Waals surface area contributed by atoms with E-state index in [-0.39, 0.29) is 5.91 Å². The summed E-state index contributed by atoms with van der Waals surface area (Å²) in [5.41, 5.74) is 0.690. The van der Waals surface area contributed by atoms with E-state index in [1.54, 1.807) is 25.3 Å². The van der Waals surface area contributed by atoms with Gasteiger partial charge in [0.1, 0.15) is 5.75 Å². The smallest absolute Gasteiger partial charge is 0.238 e. The summed E-state index contributed by atoms with van der Waals surface area (Å²) < 4.78 is 5.10. The second-order valence-corrected chi connectivity index (χ2v) is 6.23. The molecule has 22 heavy (non-hydrogen) atoms. The van der Waals surface area contributed by atoms with Crippen molar-refractivity contribution in [1.29, 1.82) is 0 Å². The Morgan fingerprint density at radius 2 is 1.91 bits per heavy atom. The van der Waals surface area contributed by atoms with E-state index < -0.39 is 0 Å². The lowest BCUT2D eigenvalue weighted by atomic mass is 9.97. The van der Waals surface area contributed by atoms with Crippen LogP contribution in [0.1, 0.15) is 44.9 Å². The predicted octanol–water partition coefficient (Wildman–Crippen LogP) is 3.99. The van der Waals surface area contributed by atoms with Gasteiger partial charge in [-0.2, -0.15) is 0 Å². The maximum absolute atomic E-state index is 12.0. The average Bonchev–Trinajstić information content (AvgIpc) is 2.46. The molecule has 1 aromatic rings. The normalized spacial score (nSPS) is 16.6. The highest BCUT2D eigenvalue weighted by Crippen LogP contribution is 2.27. The third-order valence-electron chi connectivity index (χ3n) is 4.09. The van der Waals surface area contributed by atoms with Crippen molar-refractivity contribution >= 4 is 23.2 Å². The van der Waals surface area contributed by atoms with Crippen molar-refractivity contribution in [2.45, 2.75) is 51.0 Å². The second-order valence-electron chi connectivity index (χ2n) is 5.82. The summed E-state index contributed by atoms with van der Waals surface area (Å²) in [4.78, 5) is 12.0.